The van der Waals surface area contributed by atoms with E-state index in [1.54, 1.807) is 0 Å². The van der Waals surface area contributed by atoms with Gasteiger partial charge in [-0.05, 0) is 32.9 Å². The SMILES string of the molecule is CC(C)(C)N=C(N)COc1ccccc1. The van der Waals surface area contributed by atoms with Crippen molar-refractivity contribution in [2.24, 2.45) is 10.7 Å². The molecule has 0 unspecified atom stereocenters. The van der Waals surface area contributed by atoms with Gasteiger partial charge in [-0.25, -0.2) is 0 Å². The molecule has 0 spiro atoms. The van der Waals surface area contributed by atoms with Gasteiger partial charge in [0, 0.05) is 0 Å². The number of benzene rings is 1. The molecule has 0 fully saturated rings. The van der Waals surface area contributed by atoms with Crippen LogP contribution in [-0.4, -0.2) is 18.0 Å². The van der Waals surface area contributed by atoms with Crippen LogP contribution in [0, 0.1) is 0 Å². The minimum absolute atomic E-state index is 0.149. The molecule has 0 aliphatic rings. The first-order chi connectivity index (χ1) is 6.97. The zero-order valence-electron chi connectivity index (χ0n) is 9.53. The molecule has 82 valence electrons. The molecular formula is C12H18N2O. The molecule has 1 aromatic rings. The largest absolute Gasteiger partial charge is 0.486 e. The summed E-state index contributed by atoms with van der Waals surface area (Å²) >= 11 is 0. The maximum absolute atomic E-state index is 5.73. The number of rotatable bonds is 3. The van der Waals surface area contributed by atoms with Crippen molar-refractivity contribution in [2.45, 2.75) is 26.3 Å². The van der Waals surface area contributed by atoms with Crippen LogP contribution < -0.4 is 10.5 Å². The fourth-order valence-corrected chi connectivity index (χ4v) is 1.14. The van der Waals surface area contributed by atoms with E-state index in [0.717, 1.165) is 5.75 Å². The van der Waals surface area contributed by atoms with Crippen molar-refractivity contribution in [1.29, 1.82) is 0 Å². The number of hydrogen-bond acceptors (Lipinski definition) is 2. The molecule has 0 atom stereocenters. The summed E-state index contributed by atoms with van der Waals surface area (Å²) in [5.74, 6) is 1.33. The summed E-state index contributed by atoms with van der Waals surface area (Å²) in [5.41, 5.74) is 5.58. The van der Waals surface area contributed by atoms with Crippen molar-refractivity contribution in [3.05, 3.63) is 30.3 Å². The van der Waals surface area contributed by atoms with E-state index in [9.17, 15) is 0 Å². The Hall–Kier alpha value is -1.51. The Morgan fingerprint density at radius 1 is 1.27 bits per heavy atom. The predicted molar refractivity (Wildman–Crippen MR) is 63.3 cm³/mol. The molecule has 1 aromatic carbocycles. The molecule has 1 rings (SSSR count). The van der Waals surface area contributed by atoms with E-state index >= 15 is 0 Å². The zero-order valence-corrected chi connectivity index (χ0v) is 9.53. The highest BCUT2D eigenvalue weighted by atomic mass is 16.5. The Balaban J connectivity index is 2.48. The highest BCUT2D eigenvalue weighted by Crippen LogP contribution is 2.09. The van der Waals surface area contributed by atoms with E-state index in [2.05, 4.69) is 4.99 Å². The molecule has 3 heteroatoms. The lowest BCUT2D eigenvalue weighted by Crippen LogP contribution is -2.26. The molecule has 0 saturated carbocycles. The maximum Gasteiger partial charge on any atom is 0.145 e. The zero-order chi connectivity index (χ0) is 11.3. The number of nitrogens with zero attached hydrogens (tertiary/aromatic N) is 1. The minimum Gasteiger partial charge on any atom is -0.486 e. The first-order valence-corrected chi connectivity index (χ1v) is 4.99. The lowest BCUT2D eigenvalue weighted by molar-refractivity contribution is 0.373. The maximum atomic E-state index is 5.73. The monoisotopic (exact) mass is 206 g/mol. The van der Waals surface area contributed by atoms with Gasteiger partial charge in [0.2, 0.25) is 0 Å². The molecule has 0 bridgehead atoms. The summed E-state index contributed by atoms with van der Waals surface area (Å²) in [6, 6.07) is 9.58. The quantitative estimate of drug-likeness (QED) is 0.609. The highest BCUT2D eigenvalue weighted by Gasteiger charge is 2.08. The molecule has 0 heterocycles. The van der Waals surface area contributed by atoms with Crippen molar-refractivity contribution < 1.29 is 4.74 Å². The third kappa shape index (κ3) is 5.05. The number of ether oxygens (including phenoxy) is 1. The average Bonchev–Trinajstić information content (AvgIpc) is 2.14. The van der Waals surface area contributed by atoms with Gasteiger partial charge in [-0.1, -0.05) is 18.2 Å². The molecule has 3 nitrogen and oxygen atoms in total. The van der Waals surface area contributed by atoms with Gasteiger partial charge in [-0.3, -0.25) is 4.99 Å². The van der Waals surface area contributed by atoms with Gasteiger partial charge in [0.05, 0.1) is 5.54 Å². The predicted octanol–water partition coefficient (Wildman–Crippen LogP) is 2.22. The van der Waals surface area contributed by atoms with Crippen LogP contribution in [0.1, 0.15) is 20.8 Å². The Kier molecular flexibility index (Phi) is 3.72. The van der Waals surface area contributed by atoms with Gasteiger partial charge in [0.15, 0.2) is 0 Å². The van der Waals surface area contributed by atoms with Crippen molar-refractivity contribution in [3.8, 4) is 5.75 Å². The van der Waals surface area contributed by atoms with Crippen molar-refractivity contribution in [1.82, 2.24) is 0 Å². The number of hydrogen-bond donors (Lipinski definition) is 1. The summed E-state index contributed by atoms with van der Waals surface area (Å²) in [4.78, 5) is 4.29. The van der Waals surface area contributed by atoms with Gasteiger partial charge in [0.1, 0.15) is 18.2 Å². The molecule has 0 aliphatic carbocycles. The number of para-hydroxylation sites is 1. The number of amidine groups is 1. The molecule has 0 saturated heterocycles. The van der Waals surface area contributed by atoms with E-state index < -0.39 is 0 Å². The third-order valence-electron chi connectivity index (χ3n) is 1.61. The van der Waals surface area contributed by atoms with Crippen LogP contribution in [0.3, 0.4) is 0 Å². The van der Waals surface area contributed by atoms with Crippen molar-refractivity contribution >= 4 is 5.84 Å². The molecule has 15 heavy (non-hydrogen) atoms. The van der Waals surface area contributed by atoms with Crippen LogP contribution >= 0.6 is 0 Å². The van der Waals surface area contributed by atoms with Crippen LogP contribution in [0.25, 0.3) is 0 Å². The second kappa shape index (κ2) is 4.82. The summed E-state index contributed by atoms with van der Waals surface area (Å²) in [5, 5.41) is 0. The van der Waals surface area contributed by atoms with Crippen LogP contribution in [0.4, 0.5) is 0 Å². The van der Waals surface area contributed by atoms with E-state index in [1.807, 2.05) is 51.1 Å². The second-order valence-corrected chi connectivity index (χ2v) is 4.38. The third-order valence-corrected chi connectivity index (χ3v) is 1.61. The fourth-order valence-electron chi connectivity index (χ4n) is 1.14. The van der Waals surface area contributed by atoms with Crippen LogP contribution in [0.2, 0.25) is 0 Å². The smallest absolute Gasteiger partial charge is 0.145 e. The molecule has 0 amide bonds. The first-order valence-electron chi connectivity index (χ1n) is 4.99. The summed E-state index contributed by atoms with van der Waals surface area (Å²) in [6.07, 6.45) is 0. The van der Waals surface area contributed by atoms with E-state index in [0.29, 0.717) is 12.4 Å². The normalized spacial score (nSPS) is 12.6. The topological polar surface area (TPSA) is 47.6 Å². The standard InChI is InChI=1S/C12H18N2O/c1-12(2,3)14-11(13)9-15-10-7-5-4-6-8-10/h4-8H,9H2,1-3H3,(H2,13,14). The van der Waals surface area contributed by atoms with E-state index in [1.165, 1.54) is 0 Å². The number of nitrogens with two attached hydrogens (primary N) is 1. The lowest BCUT2D eigenvalue weighted by Gasteiger charge is -2.14. The molecule has 0 aromatic heterocycles. The Labute approximate surface area is 91.0 Å². The van der Waals surface area contributed by atoms with Gasteiger partial charge in [-0.15, -0.1) is 0 Å². The van der Waals surface area contributed by atoms with E-state index in [-0.39, 0.29) is 5.54 Å². The fraction of sp³-hybridized carbons (Fsp3) is 0.417. The van der Waals surface area contributed by atoms with Crippen LogP contribution in [0.5, 0.6) is 5.75 Å². The van der Waals surface area contributed by atoms with Gasteiger partial charge in [-0.2, -0.15) is 0 Å². The van der Waals surface area contributed by atoms with Crippen LogP contribution in [-0.2, 0) is 0 Å². The minimum atomic E-state index is -0.149. The molecule has 0 radical (unpaired) electrons. The molecule has 2 N–H and O–H groups in total. The van der Waals surface area contributed by atoms with Gasteiger partial charge >= 0.3 is 0 Å². The Morgan fingerprint density at radius 3 is 2.40 bits per heavy atom. The van der Waals surface area contributed by atoms with Gasteiger partial charge in [0.25, 0.3) is 0 Å². The summed E-state index contributed by atoms with van der Waals surface area (Å²) in [7, 11) is 0. The molecule has 0 aliphatic heterocycles. The first kappa shape index (κ1) is 11.6. The number of aliphatic imine (C=N–C) groups is 1. The Bertz CT molecular complexity index is 325. The van der Waals surface area contributed by atoms with Crippen molar-refractivity contribution in [2.75, 3.05) is 6.61 Å². The van der Waals surface area contributed by atoms with Gasteiger partial charge < -0.3 is 10.5 Å². The van der Waals surface area contributed by atoms with Crippen LogP contribution in [0.15, 0.2) is 35.3 Å². The average molecular weight is 206 g/mol. The second-order valence-electron chi connectivity index (χ2n) is 4.38. The lowest BCUT2D eigenvalue weighted by atomic mass is 10.1. The molecular weight excluding hydrogens is 188 g/mol. The Morgan fingerprint density at radius 2 is 1.87 bits per heavy atom. The highest BCUT2D eigenvalue weighted by molar-refractivity contribution is 5.82. The van der Waals surface area contributed by atoms with Crippen molar-refractivity contribution in [3.63, 3.8) is 0 Å². The summed E-state index contributed by atoms with van der Waals surface area (Å²) < 4.78 is 5.46. The summed E-state index contributed by atoms with van der Waals surface area (Å²) in [6.45, 7) is 6.34. The van der Waals surface area contributed by atoms with E-state index in [4.69, 9.17) is 10.5 Å².